The molecule has 0 amide bonds. The molecule has 0 radical (unpaired) electrons. The van der Waals surface area contributed by atoms with Gasteiger partial charge in [0, 0.05) is 19.6 Å². The van der Waals surface area contributed by atoms with E-state index in [2.05, 4.69) is 46.1 Å². The van der Waals surface area contributed by atoms with Gasteiger partial charge in [-0.25, -0.2) is 4.79 Å². The smallest absolute Gasteiger partial charge is 0.149 e. The monoisotopic (exact) mass is 386 g/mol. The van der Waals surface area contributed by atoms with Gasteiger partial charge in [0.05, 0.1) is 5.69 Å². The van der Waals surface area contributed by atoms with Gasteiger partial charge in [0.2, 0.25) is 0 Å². The Bertz CT molecular complexity index is 984. The predicted octanol–water partition coefficient (Wildman–Crippen LogP) is 4.27. The van der Waals surface area contributed by atoms with E-state index < -0.39 is 0 Å². The molecule has 0 N–H and O–H groups in total. The number of carbonyl (C=O) groups excluding carboxylic acids is 1. The van der Waals surface area contributed by atoms with Gasteiger partial charge in [-0.1, -0.05) is 48.0 Å². The molecule has 4 nitrogen and oxygen atoms in total. The fourth-order valence-corrected chi connectivity index (χ4v) is 4.49. The molecule has 5 rings (SSSR count). The zero-order valence-corrected chi connectivity index (χ0v) is 16.6. The quantitative estimate of drug-likeness (QED) is 0.719. The highest BCUT2D eigenvalue weighted by Gasteiger charge is 2.28. The van der Waals surface area contributed by atoms with Crippen LogP contribution in [-0.4, -0.2) is 43.6 Å². The third-order valence-electron chi connectivity index (χ3n) is 6.21. The maximum Gasteiger partial charge on any atom is 0.149 e. The summed E-state index contributed by atoms with van der Waals surface area (Å²) in [7, 11) is 0. The van der Waals surface area contributed by atoms with Crippen LogP contribution < -0.4 is 9.64 Å². The van der Waals surface area contributed by atoms with Gasteiger partial charge in [0.1, 0.15) is 24.0 Å². The molecule has 2 aromatic rings. The van der Waals surface area contributed by atoms with Gasteiger partial charge in [-0.2, -0.15) is 0 Å². The van der Waals surface area contributed by atoms with Gasteiger partial charge >= 0.3 is 0 Å². The van der Waals surface area contributed by atoms with E-state index in [1.807, 2.05) is 24.3 Å². The van der Waals surface area contributed by atoms with Crippen LogP contribution in [0.1, 0.15) is 36.3 Å². The van der Waals surface area contributed by atoms with Crippen LogP contribution in [0.25, 0.3) is 6.08 Å². The minimum Gasteiger partial charge on any atom is -0.484 e. The van der Waals surface area contributed by atoms with Crippen molar-refractivity contribution in [2.75, 3.05) is 37.7 Å². The number of hydrogen-bond acceptors (Lipinski definition) is 4. The molecular formula is C25H26N2O2. The van der Waals surface area contributed by atoms with Crippen LogP contribution in [0.2, 0.25) is 0 Å². The van der Waals surface area contributed by atoms with E-state index in [-0.39, 0.29) is 0 Å². The van der Waals surface area contributed by atoms with E-state index in [0.29, 0.717) is 18.2 Å². The molecule has 1 atom stereocenters. The van der Waals surface area contributed by atoms with Crippen molar-refractivity contribution >= 4 is 17.7 Å². The molecule has 4 heteroatoms. The fraction of sp³-hybridized carbons (Fsp3) is 0.360. The molecule has 29 heavy (non-hydrogen) atoms. The van der Waals surface area contributed by atoms with Crippen LogP contribution >= 0.6 is 0 Å². The minimum absolute atomic E-state index is 0.297. The van der Waals surface area contributed by atoms with Crippen LogP contribution in [0.15, 0.2) is 59.8 Å². The summed E-state index contributed by atoms with van der Waals surface area (Å²) >= 11 is 0. The molecular weight excluding hydrogens is 360 g/mol. The van der Waals surface area contributed by atoms with Crippen molar-refractivity contribution < 1.29 is 9.53 Å². The summed E-state index contributed by atoms with van der Waals surface area (Å²) < 4.78 is 5.69. The average molecular weight is 386 g/mol. The second-order valence-electron chi connectivity index (χ2n) is 8.17. The topological polar surface area (TPSA) is 32.8 Å². The molecule has 1 saturated carbocycles. The van der Waals surface area contributed by atoms with Gasteiger partial charge < -0.3 is 14.5 Å². The number of ether oxygens (including phenoxy) is 1. The van der Waals surface area contributed by atoms with Crippen molar-refractivity contribution in [3.63, 3.8) is 0 Å². The normalized spacial score (nSPS) is 20.8. The number of benzene rings is 2. The number of hydrogen-bond donors (Lipinski definition) is 0. The number of rotatable bonds is 5. The Hall–Kier alpha value is -2.81. The first-order valence-corrected chi connectivity index (χ1v) is 10.6. The predicted molar refractivity (Wildman–Crippen MR) is 116 cm³/mol. The van der Waals surface area contributed by atoms with Crippen molar-refractivity contribution in [2.24, 2.45) is 0 Å². The first-order valence-electron chi connectivity index (χ1n) is 10.6. The Morgan fingerprint density at radius 1 is 1.07 bits per heavy atom. The van der Waals surface area contributed by atoms with Gasteiger partial charge in [-0.05, 0) is 55.0 Å². The highest BCUT2D eigenvalue weighted by Crippen LogP contribution is 2.36. The van der Waals surface area contributed by atoms with Gasteiger partial charge in [0.15, 0.2) is 0 Å². The average Bonchev–Trinajstić information content (AvgIpc) is 3.46. The summed E-state index contributed by atoms with van der Waals surface area (Å²) in [4.78, 5) is 16.0. The van der Waals surface area contributed by atoms with E-state index in [0.717, 1.165) is 37.6 Å². The number of anilines is 1. The van der Waals surface area contributed by atoms with Crippen LogP contribution in [-0.2, 0) is 4.79 Å². The molecule has 0 spiro atoms. The Kier molecular flexibility index (Phi) is 4.97. The maximum absolute atomic E-state index is 11.4. The van der Waals surface area contributed by atoms with Gasteiger partial charge in [-0.3, -0.25) is 0 Å². The summed E-state index contributed by atoms with van der Waals surface area (Å²) in [5.41, 5.74) is 6.02. The molecule has 1 saturated heterocycles. The first kappa shape index (κ1) is 18.2. The molecule has 2 aromatic carbocycles. The van der Waals surface area contributed by atoms with E-state index in [1.54, 1.807) is 5.57 Å². The summed E-state index contributed by atoms with van der Waals surface area (Å²) in [5, 5.41) is 0. The second-order valence-corrected chi connectivity index (χ2v) is 8.17. The standard InChI is InChI=1S/C25H26N2O2/c28-17-22-18-29-25-8-4-3-7-24(25)27(22)14-13-26-12-11-21(16-26)23-6-2-1-5-20(23)15-19-9-10-19/h1-8,15,21H,9-14,16,18H2. The van der Waals surface area contributed by atoms with Crippen molar-refractivity contribution in [1.29, 1.82) is 0 Å². The van der Waals surface area contributed by atoms with Crippen molar-refractivity contribution in [2.45, 2.75) is 25.2 Å². The zero-order valence-electron chi connectivity index (χ0n) is 16.6. The van der Waals surface area contributed by atoms with Crippen LogP contribution in [0.5, 0.6) is 5.75 Å². The summed E-state index contributed by atoms with van der Waals surface area (Å²) in [5.74, 6) is 3.50. The summed E-state index contributed by atoms with van der Waals surface area (Å²) in [6.07, 6.45) is 6.11. The van der Waals surface area contributed by atoms with E-state index in [4.69, 9.17) is 4.74 Å². The lowest BCUT2D eigenvalue weighted by Crippen LogP contribution is -2.37. The molecule has 0 aromatic heterocycles. The molecule has 1 aliphatic carbocycles. The number of likely N-dealkylation sites (tertiary alicyclic amines) is 1. The SMILES string of the molecule is O=C=C1COc2ccccc2N1CCN1CCC(c2ccccc2C=C2CC2)C1. The maximum atomic E-state index is 11.4. The lowest BCUT2D eigenvalue weighted by Gasteiger charge is -2.32. The highest BCUT2D eigenvalue weighted by molar-refractivity contribution is 5.71. The van der Waals surface area contributed by atoms with Gasteiger partial charge in [-0.15, -0.1) is 0 Å². The molecule has 2 aliphatic heterocycles. The van der Waals surface area contributed by atoms with Gasteiger partial charge in [0.25, 0.3) is 0 Å². The first-order chi connectivity index (χ1) is 14.3. The van der Waals surface area contributed by atoms with Crippen molar-refractivity contribution in [3.8, 4) is 5.75 Å². The van der Waals surface area contributed by atoms with E-state index in [9.17, 15) is 4.79 Å². The lowest BCUT2D eigenvalue weighted by molar-refractivity contribution is 0.318. The summed E-state index contributed by atoms with van der Waals surface area (Å²) in [6.45, 7) is 4.18. The Morgan fingerprint density at radius 2 is 1.90 bits per heavy atom. The van der Waals surface area contributed by atoms with E-state index in [1.165, 1.54) is 30.4 Å². The fourth-order valence-electron chi connectivity index (χ4n) is 4.49. The van der Waals surface area contributed by atoms with Crippen molar-refractivity contribution in [3.05, 3.63) is 70.9 Å². The number of allylic oxidation sites excluding steroid dienone is 1. The molecule has 3 aliphatic rings. The second kappa shape index (κ2) is 7.90. The molecule has 0 bridgehead atoms. The highest BCUT2D eigenvalue weighted by atomic mass is 16.5. The Balaban J connectivity index is 1.27. The largest absolute Gasteiger partial charge is 0.484 e. The van der Waals surface area contributed by atoms with Crippen molar-refractivity contribution in [1.82, 2.24) is 4.90 Å². The number of para-hydroxylation sites is 2. The zero-order chi connectivity index (χ0) is 19.6. The van der Waals surface area contributed by atoms with Crippen LogP contribution in [0.3, 0.4) is 0 Å². The molecule has 2 fully saturated rings. The molecule has 1 unspecified atom stereocenters. The molecule has 148 valence electrons. The van der Waals surface area contributed by atoms with Crippen LogP contribution in [0.4, 0.5) is 5.69 Å². The third kappa shape index (κ3) is 3.87. The van der Waals surface area contributed by atoms with E-state index >= 15 is 0 Å². The Morgan fingerprint density at radius 3 is 2.76 bits per heavy atom. The van der Waals surface area contributed by atoms with Crippen LogP contribution in [0, 0.1) is 0 Å². The summed E-state index contributed by atoms with van der Waals surface area (Å²) in [6, 6.07) is 16.8. The third-order valence-corrected chi connectivity index (χ3v) is 6.21. The minimum atomic E-state index is 0.297. The number of fused-ring (bicyclic) bond motifs is 1. The lowest BCUT2D eigenvalue weighted by atomic mass is 9.93. The Labute approximate surface area is 172 Å². The number of nitrogens with zero attached hydrogens (tertiary/aromatic N) is 2. The molecule has 2 heterocycles.